The number of amides is 5. The number of hydrogen-bond donors (Lipinski definition) is 5. The van der Waals surface area contributed by atoms with Crippen LogP contribution in [0.5, 0.6) is 28.7 Å². The van der Waals surface area contributed by atoms with Gasteiger partial charge in [0.05, 0.1) is 74.2 Å². The number of likely N-dealkylation sites (N-methyl/N-ethyl adjacent to an activating group) is 1. The Bertz CT molecular complexity index is 4780. The van der Waals surface area contributed by atoms with Gasteiger partial charge in [-0.2, -0.15) is 0 Å². The molecule has 0 atom stereocenters. The van der Waals surface area contributed by atoms with Crippen molar-refractivity contribution in [1.82, 2.24) is 9.80 Å². The van der Waals surface area contributed by atoms with Crippen LogP contribution >= 0.6 is 69.6 Å². The quantitative estimate of drug-likeness (QED) is 0.0451. The first-order chi connectivity index (χ1) is 53.4. The number of methoxy groups -OCH3 is 5. The first kappa shape index (κ1) is 86.1. The number of piperidine rings is 1. The molecule has 0 aliphatic carbocycles. The zero-order valence-corrected chi connectivity index (χ0v) is 67.6. The topological polar surface area (TPSA) is 205 Å². The van der Waals surface area contributed by atoms with Crippen LogP contribution in [0.4, 0.5) is 39.8 Å². The van der Waals surface area contributed by atoms with E-state index in [1.165, 1.54) is 84.1 Å². The molecule has 0 unspecified atom stereocenters. The predicted molar refractivity (Wildman–Crippen MR) is 455 cm³/mol. The number of nitrogens with one attached hydrogen (secondary N) is 5. The van der Waals surface area contributed by atoms with Gasteiger partial charge >= 0.3 is 0 Å². The number of halogens is 6. The Morgan fingerprint density at radius 2 is 0.892 bits per heavy atom. The molecule has 2 aliphatic rings. The molecule has 580 valence electrons. The molecule has 19 nitrogen and oxygen atoms in total. The molecule has 0 spiro atoms. The van der Waals surface area contributed by atoms with E-state index in [9.17, 15) is 24.0 Å². The molecule has 10 aromatic carbocycles. The summed E-state index contributed by atoms with van der Waals surface area (Å²) in [5.74, 6) is 1.21. The summed E-state index contributed by atoms with van der Waals surface area (Å²) in [6.07, 6.45) is 7.30. The highest BCUT2D eigenvalue weighted by atomic mass is 35.5. The van der Waals surface area contributed by atoms with Gasteiger partial charge in [-0.25, -0.2) is 0 Å². The molecule has 0 saturated carbocycles. The molecule has 111 heavy (non-hydrogen) atoms. The third-order valence-corrected chi connectivity index (χ3v) is 18.7. The lowest BCUT2D eigenvalue weighted by molar-refractivity contribution is -0.111. The minimum atomic E-state index is -0.360. The molecule has 0 bridgehead atoms. The molecule has 25 heteroatoms. The monoisotopic (exact) mass is 1620 g/mol. The van der Waals surface area contributed by atoms with E-state index in [0.717, 1.165) is 66.7 Å². The van der Waals surface area contributed by atoms with E-state index in [1.807, 2.05) is 141 Å². The van der Waals surface area contributed by atoms with E-state index in [-0.39, 0.29) is 45.9 Å². The van der Waals surface area contributed by atoms with Gasteiger partial charge in [0.15, 0.2) is 0 Å². The Kier molecular flexibility index (Phi) is 34.0. The van der Waals surface area contributed by atoms with Crippen LogP contribution in [-0.4, -0.2) is 135 Å². The fourth-order valence-electron chi connectivity index (χ4n) is 11.5. The summed E-state index contributed by atoms with van der Waals surface area (Å²) < 4.78 is 25.8. The van der Waals surface area contributed by atoms with E-state index < -0.39 is 0 Å². The molecule has 12 rings (SSSR count). The third kappa shape index (κ3) is 27.2. The first-order valence-corrected chi connectivity index (χ1v) is 37.6. The lowest BCUT2D eigenvalue weighted by Crippen LogP contribution is -2.44. The van der Waals surface area contributed by atoms with Gasteiger partial charge in [-0.3, -0.25) is 28.9 Å². The minimum Gasteiger partial charge on any atom is -0.497 e. The molecule has 5 N–H and O–H groups in total. The standard InChI is InChI=1S/C21H24ClN3O.C20H23ClN2O2.C16H17ClN2O2.C15H13Cl2NO3.C14H12ClNO2/c1-16-4-3-5-17(14-16)6-9-21(26)23-19-15-18(22)7-8-20(19)25-12-10-24(2)11-13-25;1-25-19-10-7-16(21)13-18(19)20(24)22-17-8-5-15(6-9-17)14-23-11-3-2-4-12-23;1-19(2)13-7-5-12(6-8-13)18-16(20)14-10-11(17)4-9-15(14)21-3;1-20-11-5-3-10(4-6-11)18-15(19)12-7-9(16)8-13(17)14(12)21-2;1-18-13-8-7-10(15)9-12(13)14(17)16-11-5-3-2-4-6-11/h3-9,14-15H,10-13H2,1-2H3,(H,23,26);5-10,13H,2-4,11-12,14H2,1H3,(H,22,24);4-10H,1-3H3,(H,18,20);3-8H,1-2H3,(H,18,19);2-9H,1H3,(H,16,17)/b9-6+;;;;. The van der Waals surface area contributed by atoms with Crippen LogP contribution in [0.3, 0.4) is 0 Å². The van der Waals surface area contributed by atoms with Gasteiger partial charge in [-0.15, -0.1) is 0 Å². The van der Waals surface area contributed by atoms with Crippen LogP contribution in [0, 0.1) is 6.92 Å². The molecular formula is C86H89Cl6N9O10. The number of ether oxygens (including phenoxy) is 5. The third-order valence-electron chi connectivity index (χ3n) is 17.3. The Morgan fingerprint density at radius 3 is 1.37 bits per heavy atom. The molecular weight excluding hydrogens is 1530 g/mol. The van der Waals surface area contributed by atoms with Crippen molar-refractivity contribution in [3.05, 3.63) is 287 Å². The molecule has 2 saturated heterocycles. The zero-order valence-electron chi connectivity index (χ0n) is 63.1. The van der Waals surface area contributed by atoms with Gasteiger partial charge in [-0.1, -0.05) is 136 Å². The number of hydrogen-bond acceptors (Lipinski definition) is 14. The van der Waals surface area contributed by atoms with Crippen LogP contribution in [0.15, 0.2) is 218 Å². The number of nitrogens with zero attached hydrogens (tertiary/aromatic N) is 4. The summed E-state index contributed by atoms with van der Waals surface area (Å²) in [6, 6.07) is 63.4. The largest absolute Gasteiger partial charge is 0.497 e. The maximum atomic E-state index is 12.5. The second-order valence-corrected chi connectivity index (χ2v) is 28.2. The van der Waals surface area contributed by atoms with E-state index in [0.29, 0.717) is 76.2 Å². The highest BCUT2D eigenvalue weighted by Crippen LogP contribution is 2.35. The Labute approximate surface area is 679 Å². The van der Waals surface area contributed by atoms with Crippen LogP contribution in [0.2, 0.25) is 30.1 Å². The van der Waals surface area contributed by atoms with Crippen LogP contribution in [0.25, 0.3) is 6.08 Å². The molecule has 0 radical (unpaired) electrons. The number of benzene rings is 10. The van der Waals surface area contributed by atoms with E-state index in [1.54, 1.807) is 92.0 Å². The van der Waals surface area contributed by atoms with Gasteiger partial charge in [0.2, 0.25) is 5.91 Å². The van der Waals surface area contributed by atoms with Crippen LogP contribution in [0.1, 0.15) is 77.4 Å². The summed E-state index contributed by atoms with van der Waals surface area (Å²) in [7, 11) is 13.6. The molecule has 5 amide bonds. The number of aryl methyl sites for hydroxylation is 1. The summed E-state index contributed by atoms with van der Waals surface area (Å²) >= 11 is 35.9. The molecule has 0 aromatic heterocycles. The van der Waals surface area contributed by atoms with Crippen LogP contribution in [-0.2, 0) is 11.3 Å². The van der Waals surface area contributed by atoms with Gasteiger partial charge in [-0.05, 0) is 215 Å². The van der Waals surface area contributed by atoms with Crippen molar-refractivity contribution in [2.75, 3.05) is 132 Å². The maximum Gasteiger partial charge on any atom is 0.259 e. The summed E-state index contributed by atoms with van der Waals surface area (Å²) in [4.78, 5) is 70.7. The van der Waals surface area contributed by atoms with Crippen LogP contribution < -0.4 is 60.1 Å². The minimum absolute atomic E-state index is 0.163. The van der Waals surface area contributed by atoms with Crippen molar-refractivity contribution in [1.29, 1.82) is 0 Å². The lowest BCUT2D eigenvalue weighted by Gasteiger charge is -2.35. The van der Waals surface area contributed by atoms with E-state index >= 15 is 0 Å². The maximum absolute atomic E-state index is 12.5. The highest BCUT2D eigenvalue weighted by molar-refractivity contribution is 6.37. The van der Waals surface area contributed by atoms with Crippen molar-refractivity contribution in [3.8, 4) is 28.7 Å². The van der Waals surface area contributed by atoms with Gasteiger partial charge < -0.3 is 65.0 Å². The zero-order chi connectivity index (χ0) is 79.9. The van der Waals surface area contributed by atoms with Crippen molar-refractivity contribution in [2.45, 2.75) is 32.7 Å². The summed E-state index contributed by atoms with van der Waals surface area (Å²) in [5, 5.41) is 17.0. The summed E-state index contributed by atoms with van der Waals surface area (Å²) in [5.41, 5.74) is 10.6. The Balaban J connectivity index is 0.000000175. The smallest absolute Gasteiger partial charge is 0.259 e. The van der Waals surface area contributed by atoms with Gasteiger partial charge in [0.1, 0.15) is 28.7 Å². The normalized spacial score (nSPS) is 12.4. The number of likely N-dealkylation sites (tertiary alicyclic amines) is 1. The molecule has 2 fully saturated rings. The number of rotatable bonds is 20. The van der Waals surface area contributed by atoms with E-state index in [2.05, 4.69) is 60.5 Å². The number of piperazine rings is 1. The van der Waals surface area contributed by atoms with E-state index in [4.69, 9.17) is 93.3 Å². The van der Waals surface area contributed by atoms with Crippen molar-refractivity contribution in [2.24, 2.45) is 0 Å². The second-order valence-electron chi connectivity index (χ2n) is 25.6. The van der Waals surface area contributed by atoms with Crippen molar-refractivity contribution < 1.29 is 47.7 Å². The molecule has 2 heterocycles. The Hall–Kier alpha value is -10.5. The Morgan fingerprint density at radius 1 is 0.432 bits per heavy atom. The number of carbonyl (C=O) groups excluding carboxylic acids is 5. The SMILES string of the molecule is COc1ccc(Cl)cc1C(=O)Nc1ccc(CN2CCCCC2)cc1.COc1ccc(Cl)cc1C(=O)Nc1ccc(N(C)C)cc1.COc1ccc(Cl)cc1C(=O)Nc1ccccc1.COc1ccc(NC(=O)c2cc(Cl)cc(Cl)c2OC)cc1.Cc1cccc(/C=C/C(=O)Nc2cc(Cl)ccc2N2CCN(C)CC2)c1. The fourth-order valence-corrected chi connectivity index (χ4v) is 12.7. The number of anilines is 7. The predicted octanol–water partition coefficient (Wildman–Crippen LogP) is 20.2. The number of para-hydroxylation sites is 1. The first-order valence-electron chi connectivity index (χ1n) is 35.3. The molecule has 10 aromatic rings. The number of carbonyl (C=O) groups is 5. The van der Waals surface area contributed by atoms with Gasteiger partial charge in [0.25, 0.3) is 23.6 Å². The average molecular weight is 1620 g/mol. The fraction of sp³-hybridized carbons (Fsp3) is 0.221. The van der Waals surface area contributed by atoms with Crippen molar-refractivity contribution in [3.63, 3.8) is 0 Å². The second kappa shape index (κ2) is 43.8. The summed E-state index contributed by atoms with van der Waals surface area (Å²) in [6.45, 7) is 9.22. The van der Waals surface area contributed by atoms with Crippen molar-refractivity contribution >= 4 is 145 Å². The van der Waals surface area contributed by atoms with Gasteiger partial charge in [0, 0.05) is 106 Å². The molecule has 2 aliphatic heterocycles. The highest BCUT2D eigenvalue weighted by Gasteiger charge is 2.22. The average Bonchev–Trinajstić information content (AvgIpc) is 0.843. The lowest BCUT2D eigenvalue weighted by atomic mass is 10.1.